The molecule has 0 bridgehead atoms. The summed E-state index contributed by atoms with van der Waals surface area (Å²) in [7, 11) is 0. The summed E-state index contributed by atoms with van der Waals surface area (Å²) in [5, 5.41) is 0. The lowest BCUT2D eigenvalue weighted by atomic mass is 9.80. The smallest absolute Gasteiger partial charge is 0.290 e. The highest BCUT2D eigenvalue weighted by molar-refractivity contribution is 5.36. The Kier molecular flexibility index (Phi) is 25.1. The monoisotopic (exact) mass is 651 g/mol. The second kappa shape index (κ2) is 26.9. The van der Waals surface area contributed by atoms with Crippen LogP contribution in [-0.4, -0.2) is 51.6 Å². The van der Waals surface area contributed by atoms with E-state index in [1.165, 1.54) is 88.2 Å². The summed E-state index contributed by atoms with van der Waals surface area (Å²) in [6.07, 6.45) is 19.2. The summed E-state index contributed by atoms with van der Waals surface area (Å²) in [5.74, 6) is -2.60. The highest BCUT2D eigenvalue weighted by Gasteiger charge is 2.48. The Morgan fingerprint density at radius 3 is 0.913 bits per heavy atom. The SMILES string of the molecule is CCCCCCCCCC(c1ccccc1C(CCCCCCCCC)C(OCC)(OCC)OCC)C(OCC)(OCC)OCC. The maximum Gasteiger partial charge on any atom is 0.290 e. The van der Waals surface area contributed by atoms with Crippen molar-refractivity contribution >= 4 is 0 Å². The van der Waals surface area contributed by atoms with Crippen molar-refractivity contribution in [2.24, 2.45) is 0 Å². The van der Waals surface area contributed by atoms with Crippen molar-refractivity contribution in [3.05, 3.63) is 35.4 Å². The molecule has 6 nitrogen and oxygen atoms in total. The van der Waals surface area contributed by atoms with Crippen LogP contribution in [0.3, 0.4) is 0 Å². The molecule has 0 saturated carbocycles. The minimum atomic E-state index is -1.17. The quantitative estimate of drug-likeness (QED) is 0.0571. The van der Waals surface area contributed by atoms with Crippen molar-refractivity contribution < 1.29 is 28.4 Å². The first-order chi connectivity index (χ1) is 22.5. The van der Waals surface area contributed by atoms with Crippen molar-refractivity contribution in [2.45, 2.75) is 182 Å². The Morgan fingerprint density at radius 2 is 0.652 bits per heavy atom. The van der Waals surface area contributed by atoms with Gasteiger partial charge in [0.15, 0.2) is 0 Å². The van der Waals surface area contributed by atoms with Crippen LogP contribution in [0.15, 0.2) is 24.3 Å². The van der Waals surface area contributed by atoms with Crippen molar-refractivity contribution in [2.75, 3.05) is 39.6 Å². The Bertz CT molecular complexity index is 729. The molecular formula is C40H74O6. The van der Waals surface area contributed by atoms with Crippen LogP contribution in [0.2, 0.25) is 0 Å². The molecule has 0 aromatic heterocycles. The Hall–Kier alpha value is -1.02. The minimum absolute atomic E-state index is 0.127. The third kappa shape index (κ3) is 14.6. The van der Waals surface area contributed by atoms with Gasteiger partial charge in [-0.25, -0.2) is 0 Å². The second-order valence-corrected chi connectivity index (χ2v) is 12.4. The van der Waals surface area contributed by atoms with Gasteiger partial charge in [0.2, 0.25) is 0 Å². The van der Waals surface area contributed by atoms with Crippen LogP contribution < -0.4 is 0 Å². The summed E-state index contributed by atoms with van der Waals surface area (Å²) in [5.41, 5.74) is 2.36. The number of unbranched alkanes of at least 4 members (excludes halogenated alkanes) is 12. The molecule has 0 fully saturated rings. The summed E-state index contributed by atoms with van der Waals surface area (Å²) in [6.45, 7) is 19.7. The molecule has 2 unspecified atom stereocenters. The maximum absolute atomic E-state index is 6.51. The minimum Gasteiger partial charge on any atom is -0.327 e. The Morgan fingerprint density at radius 1 is 0.391 bits per heavy atom. The predicted octanol–water partition coefficient (Wildman–Crippen LogP) is 11.7. The summed E-state index contributed by atoms with van der Waals surface area (Å²) in [4.78, 5) is 0. The van der Waals surface area contributed by atoms with E-state index in [0.29, 0.717) is 39.6 Å². The van der Waals surface area contributed by atoms with Crippen LogP contribution in [0.4, 0.5) is 0 Å². The van der Waals surface area contributed by atoms with Gasteiger partial charge in [0.1, 0.15) is 0 Å². The molecule has 270 valence electrons. The van der Waals surface area contributed by atoms with Crippen LogP contribution in [0.5, 0.6) is 0 Å². The average Bonchev–Trinajstić information content (AvgIpc) is 3.04. The number of hydrogen-bond acceptors (Lipinski definition) is 6. The number of ether oxygens (including phenoxy) is 6. The third-order valence-electron chi connectivity index (χ3n) is 8.87. The topological polar surface area (TPSA) is 55.4 Å². The lowest BCUT2D eigenvalue weighted by Crippen LogP contribution is -2.48. The van der Waals surface area contributed by atoms with Crippen molar-refractivity contribution in [3.63, 3.8) is 0 Å². The zero-order chi connectivity index (χ0) is 33.9. The Balaban J connectivity index is 3.67. The van der Waals surface area contributed by atoms with Crippen LogP contribution in [0.25, 0.3) is 0 Å². The van der Waals surface area contributed by atoms with Crippen molar-refractivity contribution in [1.29, 1.82) is 0 Å². The average molecular weight is 651 g/mol. The van der Waals surface area contributed by atoms with E-state index >= 15 is 0 Å². The molecule has 0 aliphatic rings. The van der Waals surface area contributed by atoms with Crippen LogP contribution in [0, 0.1) is 0 Å². The summed E-state index contributed by atoms with van der Waals surface area (Å²) >= 11 is 0. The van der Waals surface area contributed by atoms with Crippen LogP contribution in [-0.2, 0) is 28.4 Å². The molecule has 1 aromatic rings. The van der Waals surface area contributed by atoms with Crippen molar-refractivity contribution in [3.8, 4) is 0 Å². The molecule has 0 spiro atoms. The fourth-order valence-corrected chi connectivity index (χ4v) is 6.86. The fourth-order valence-electron chi connectivity index (χ4n) is 6.86. The lowest BCUT2D eigenvalue weighted by molar-refractivity contribution is -0.392. The van der Waals surface area contributed by atoms with Gasteiger partial charge in [0.25, 0.3) is 11.9 Å². The predicted molar refractivity (Wildman–Crippen MR) is 192 cm³/mol. The third-order valence-corrected chi connectivity index (χ3v) is 8.87. The van der Waals surface area contributed by atoms with E-state index in [4.69, 9.17) is 28.4 Å². The molecule has 0 aliphatic carbocycles. The van der Waals surface area contributed by atoms with E-state index in [0.717, 1.165) is 25.7 Å². The van der Waals surface area contributed by atoms with Crippen LogP contribution >= 0.6 is 0 Å². The molecule has 46 heavy (non-hydrogen) atoms. The van der Waals surface area contributed by atoms with Gasteiger partial charge < -0.3 is 28.4 Å². The van der Waals surface area contributed by atoms with E-state index in [1.54, 1.807) is 0 Å². The first-order valence-corrected chi connectivity index (χ1v) is 19.4. The van der Waals surface area contributed by atoms with Gasteiger partial charge in [-0.2, -0.15) is 0 Å². The molecule has 0 N–H and O–H groups in total. The van der Waals surface area contributed by atoms with Gasteiger partial charge in [0.05, 0.1) is 11.8 Å². The molecule has 1 rings (SSSR count). The normalized spacial score (nSPS) is 13.7. The van der Waals surface area contributed by atoms with E-state index in [-0.39, 0.29) is 11.8 Å². The Labute approximate surface area is 285 Å². The first-order valence-electron chi connectivity index (χ1n) is 19.4. The lowest BCUT2D eigenvalue weighted by Gasteiger charge is -2.43. The van der Waals surface area contributed by atoms with Gasteiger partial charge in [-0.1, -0.05) is 128 Å². The highest BCUT2D eigenvalue weighted by atomic mass is 16.9. The zero-order valence-corrected chi connectivity index (χ0v) is 31.5. The number of hydrogen-bond donors (Lipinski definition) is 0. The molecule has 0 radical (unpaired) electrons. The van der Waals surface area contributed by atoms with Crippen LogP contribution in [0.1, 0.15) is 181 Å². The largest absolute Gasteiger partial charge is 0.327 e. The van der Waals surface area contributed by atoms with E-state index < -0.39 is 11.9 Å². The van der Waals surface area contributed by atoms with Gasteiger partial charge >= 0.3 is 0 Å². The second-order valence-electron chi connectivity index (χ2n) is 12.4. The molecule has 0 aliphatic heterocycles. The van der Waals surface area contributed by atoms with Gasteiger partial charge in [0, 0.05) is 39.6 Å². The summed E-state index contributed by atoms with van der Waals surface area (Å²) in [6, 6.07) is 8.78. The summed E-state index contributed by atoms with van der Waals surface area (Å²) < 4.78 is 39.0. The molecule has 6 heteroatoms. The standard InChI is InChI=1S/C40H74O6/c1-9-17-19-21-23-25-27-33-37(39(41-11-3,42-12-4)43-13-5)35-31-29-30-32-36(35)38(34-28-26-24-22-20-18-10-2)40(44-14-6,45-15-7)46-16-8/h29-32,37-38H,9-28,33-34H2,1-8H3. The molecule has 0 amide bonds. The zero-order valence-electron chi connectivity index (χ0n) is 31.5. The first kappa shape index (κ1) is 43.0. The van der Waals surface area contributed by atoms with Gasteiger partial charge in [-0.3, -0.25) is 0 Å². The fraction of sp³-hybridized carbons (Fsp3) is 0.850. The number of benzene rings is 1. The van der Waals surface area contributed by atoms with E-state index in [2.05, 4.69) is 38.1 Å². The molecule has 0 heterocycles. The highest BCUT2D eigenvalue weighted by Crippen LogP contribution is 2.46. The van der Waals surface area contributed by atoms with Crippen molar-refractivity contribution in [1.82, 2.24) is 0 Å². The molecule has 0 saturated heterocycles. The van der Waals surface area contributed by atoms with E-state index in [1.807, 2.05) is 41.5 Å². The van der Waals surface area contributed by atoms with E-state index in [9.17, 15) is 0 Å². The van der Waals surface area contributed by atoms with Gasteiger partial charge in [-0.15, -0.1) is 0 Å². The molecule has 1 aromatic carbocycles. The van der Waals surface area contributed by atoms with Gasteiger partial charge in [-0.05, 0) is 65.5 Å². The molecular weight excluding hydrogens is 576 g/mol. The number of rotatable bonds is 32. The molecule has 2 atom stereocenters. The maximum atomic E-state index is 6.51.